The molecule has 2 N–H and O–H groups in total. The van der Waals surface area contributed by atoms with Crippen LogP contribution in [-0.2, 0) is 14.3 Å². The van der Waals surface area contributed by atoms with Gasteiger partial charge in [-0.3, -0.25) is 14.5 Å². The van der Waals surface area contributed by atoms with Crippen molar-refractivity contribution in [2.24, 2.45) is 0 Å². The lowest BCUT2D eigenvalue weighted by molar-refractivity contribution is -0.147. The van der Waals surface area contributed by atoms with Crippen molar-refractivity contribution in [2.75, 3.05) is 26.2 Å². The van der Waals surface area contributed by atoms with Crippen molar-refractivity contribution in [3.05, 3.63) is 35.6 Å². The van der Waals surface area contributed by atoms with Gasteiger partial charge in [-0.2, -0.15) is 0 Å². The van der Waals surface area contributed by atoms with Gasteiger partial charge in [0.25, 0.3) is 0 Å². The summed E-state index contributed by atoms with van der Waals surface area (Å²) in [7, 11) is 0. The molecule has 1 fully saturated rings. The summed E-state index contributed by atoms with van der Waals surface area (Å²) < 4.78 is 18.5. The van der Waals surface area contributed by atoms with Crippen LogP contribution in [0.2, 0.25) is 0 Å². The van der Waals surface area contributed by atoms with Crippen LogP contribution in [0.25, 0.3) is 0 Å². The van der Waals surface area contributed by atoms with E-state index in [-0.39, 0.29) is 12.0 Å². The number of carbonyl (C=O) groups is 2. The van der Waals surface area contributed by atoms with Gasteiger partial charge in [0, 0.05) is 26.6 Å². The van der Waals surface area contributed by atoms with E-state index < -0.39 is 17.8 Å². The van der Waals surface area contributed by atoms with Crippen LogP contribution in [0.15, 0.2) is 24.3 Å². The Bertz CT molecular complexity index is 535. The maximum absolute atomic E-state index is 13.0. The van der Waals surface area contributed by atoms with Crippen LogP contribution in [-0.4, -0.2) is 54.2 Å². The molecule has 0 saturated carbocycles. The molecule has 6 nitrogen and oxygen atoms in total. The number of halogens is 1. The average molecular weight is 310 g/mol. The quantitative estimate of drug-likeness (QED) is 0.840. The Morgan fingerprint density at radius 2 is 2.14 bits per heavy atom. The fourth-order valence-corrected chi connectivity index (χ4v) is 2.51. The summed E-state index contributed by atoms with van der Waals surface area (Å²) in [4.78, 5) is 24.3. The highest BCUT2D eigenvalue weighted by molar-refractivity contribution is 5.75. The molecule has 0 aliphatic carbocycles. The van der Waals surface area contributed by atoms with E-state index in [1.54, 1.807) is 4.90 Å². The SMILES string of the molecule is CC(=O)NCC1CN(C(C(=O)O)c2ccc(F)cc2)CCO1. The number of morpholine rings is 1. The molecule has 7 heteroatoms. The minimum atomic E-state index is -0.994. The zero-order valence-electron chi connectivity index (χ0n) is 12.3. The van der Waals surface area contributed by atoms with Crippen molar-refractivity contribution in [2.45, 2.75) is 19.1 Å². The number of carboxylic acid groups (broad SMARTS) is 1. The second-order valence-corrected chi connectivity index (χ2v) is 5.22. The molecule has 1 aliphatic heterocycles. The Kier molecular flexibility index (Phi) is 5.46. The monoisotopic (exact) mass is 310 g/mol. The Morgan fingerprint density at radius 1 is 1.45 bits per heavy atom. The molecule has 120 valence electrons. The maximum atomic E-state index is 13.0. The zero-order valence-corrected chi connectivity index (χ0v) is 12.3. The second kappa shape index (κ2) is 7.33. The summed E-state index contributed by atoms with van der Waals surface area (Å²) in [5.41, 5.74) is 0.522. The van der Waals surface area contributed by atoms with Crippen LogP contribution in [0.3, 0.4) is 0 Å². The molecule has 1 heterocycles. The number of nitrogens with one attached hydrogen (secondary N) is 1. The summed E-state index contributed by atoms with van der Waals surface area (Å²) in [6.07, 6.45) is -0.264. The van der Waals surface area contributed by atoms with Crippen molar-refractivity contribution in [1.29, 1.82) is 0 Å². The smallest absolute Gasteiger partial charge is 0.325 e. The van der Waals surface area contributed by atoms with Crippen LogP contribution in [0, 0.1) is 5.82 Å². The van der Waals surface area contributed by atoms with Crippen LogP contribution >= 0.6 is 0 Å². The van der Waals surface area contributed by atoms with E-state index >= 15 is 0 Å². The predicted molar refractivity (Wildman–Crippen MR) is 76.8 cm³/mol. The molecular formula is C15H19FN2O4. The van der Waals surface area contributed by atoms with Crippen LogP contribution in [0.5, 0.6) is 0 Å². The molecule has 22 heavy (non-hydrogen) atoms. The molecule has 1 aromatic rings. The fourth-order valence-electron chi connectivity index (χ4n) is 2.51. The fraction of sp³-hybridized carbons (Fsp3) is 0.467. The van der Waals surface area contributed by atoms with E-state index in [4.69, 9.17) is 4.74 Å². The molecule has 0 aromatic heterocycles. The molecule has 1 amide bonds. The minimum absolute atomic E-state index is 0.158. The van der Waals surface area contributed by atoms with Gasteiger partial charge in [0.2, 0.25) is 5.91 Å². The number of amides is 1. The van der Waals surface area contributed by atoms with Crippen molar-refractivity contribution in [3.8, 4) is 0 Å². The molecule has 1 saturated heterocycles. The third-order valence-corrected chi connectivity index (χ3v) is 3.53. The number of rotatable bonds is 5. The van der Waals surface area contributed by atoms with Gasteiger partial charge in [-0.05, 0) is 17.7 Å². The van der Waals surface area contributed by atoms with E-state index in [1.165, 1.54) is 31.2 Å². The normalized spacial score (nSPS) is 20.4. The van der Waals surface area contributed by atoms with Crippen molar-refractivity contribution in [3.63, 3.8) is 0 Å². The first-order valence-electron chi connectivity index (χ1n) is 7.05. The van der Waals surface area contributed by atoms with Crippen LogP contribution in [0.4, 0.5) is 4.39 Å². The van der Waals surface area contributed by atoms with E-state index in [0.29, 0.717) is 31.8 Å². The highest BCUT2D eigenvalue weighted by Crippen LogP contribution is 2.23. The third-order valence-electron chi connectivity index (χ3n) is 3.53. The molecule has 2 atom stereocenters. The topological polar surface area (TPSA) is 78.9 Å². The highest BCUT2D eigenvalue weighted by atomic mass is 19.1. The first kappa shape index (κ1) is 16.4. The summed E-state index contributed by atoms with van der Waals surface area (Å²) in [5.74, 6) is -1.56. The highest BCUT2D eigenvalue weighted by Gasteiger charge is 2.32. The number of benzene rings is 1. The first-order valence-corrected chi connectivity index (χ1v) is 7.05. The third kappa shape index (κ3) is 4.25. The average Bonchev–Trinajstić information content (AvgIpc) is 2.47. The second-order valence-electron chi connectivity index (χ2n) is 5.22. The predicted octanol–water partition coefficient (Wildman–Crippen LogP) is 0.788. The van der Waals surface area contributed by atoms with Gasteiger partial charge in [-0.1, -0.05) is 12.1 Å². The van der Waals surface area contributed by atoms with Crippen LogP contribution in [0.1, 0.15) is 18.5 Å². The number of carboxylic acids is 1. The Morgan fingerprint density at radius 3 is 2.73 bits per heavy atom. The van der Waals surface area contributed by atoms with Gasteiger partial charge in [0.1, 0.15) is 11.9 Å². The Balaban J connectivity index is 2.09. The van der Waals surface area contributed by atoms with Gasteiger partial charge in [0.05, 0.1) is 12.7 Å². The van der Waals surface area contributed by atoms with E-state index in [2.05, 4.69) is 5.32 Å². The molecule has 2 rings (SSSR count). The number of hydrogen-bond donors (Lipinski definition) is 2. The molecule has 0 radical (unpaired) electrons. The van der Waals surface area contributed by atoms with Gasteiger partial charge in [0.15, 0.2) is 0 Å². The van der Waals surface area contributed by atoms with Gasteiger partial charge < -0.3 is 15.2 Å². The maximum Gasteiger partial charge on any atom is 0.325 e. The van der Waals surface area contributed by atoms with E-state index in [0.717, 1.165) is 0 Å². The molecule has 0 spiro atoms. The van der Waals surface area contributed by atoms with Crippen molar-refractivity contribution in [1.82, 2.24) is 10.2 Å². The van der Waals surface area contributed by atoms with E-state index in [1.807, 2.05) is 0 Å². The first-order chi connectivity index (χ1) is 10.5. The lowest BCUT2D eigenvalue weighted by Gasteiger charge is -2.36. The summed E-state index contributed by atoms with van der Waals surface area (Å²) in [6, 6.07) is 4.60. The zero-order chi connectivity index (χ0) is 16.1. The van der Waals surface area contributed by atoms with Gasteiger partial charge in [-0.15, -0.1) is 0 Å². The summed E-state index contributed by atoms with van der Waals surface area (Å²) in [6.45, 7) is 2.98. The lowest BCUT2D eigenvalue weighted by atomic mass is 10.0. The Labute approximate surface area is 127 Å². The molecule has 0 bridgehead atoms. The Hall–Kier alpha value is -1.99. The van der Waals surface area contributed by atoms with Crippen molar-refractivity contribution < 1.29 is 23.8 Å². The molecule has 2 unspecified atom stereocenters. The summed E-state index contributed by atoms with van der Waals surface area (Å²) in [5, 5.41) is 12.2. The molecule has 1 aromatic carbocycles. The van der Waals surface area contributed by atoms with E-state index in [9.17, 15) is 19.1 Å². The molecular weight excluding hydrogens is 291 g/mol. The molecule has 1 aliphatic rings. The number of aliphatic carboxylic acids is 1. The summed E-state index contributed by atoms with van der Waals surface area (Å²) >= 11 is 0. The van der Waals surface area contributed by atoms with Crippen molar-refractivity contribution >= 4 is 11.9 Å². The number of carbonyl (C=O) groups excluding carboxylic acids is 1. The minimum Gasteiger partial charge on any atom is -0.480 e. The lowest BCUT2D eigenvalue weighted by Crippen LogP contribution is -2.49. The number of hydrogen-bond acceptors (Lipinski definition) is 4. The number of nitrogens with zero attached hydrogens (tertiary/aromatic N) is 1. The van der Waals surface area contributed by atoms with Gasteiger partial charge >= 0.3 is 5.97 Å². The van der Waals surface area contributed by atoms with Gasteiger partial charge in [-0.25, -0.2) is 4.39 Å². The largest absolute Gasteiger partial charge is 0.480 e. The standard InChI is InChI=1S/C15H19FN2O4/c1-10(19)17-8-13-9-18(6-7-22-13)14(15(20)21)11-2-4-12(16)5-3-11/h2-5,13-14H,6-9H2,1H3,(H,17,19)(H,20,21). The number of ether oxygens (including phenoxy) is 1. The van der Waals surface area contributed by atoms with Crippen LogP contribution < -0.4 is 5.32 Å².